The number of hydrogen-bond donors (Lipinski definition) is 1. The summed E-state index contributed by atoms with van der Waals surface area (Å²) >= 11 is 0. The molecule has 0 unspecified atom stereocenters. The zero-order valence-electron chi connectivity index (χ0n) is 18.0. The molecule has 1 aliphatic rings. The van der Waals surface area contributed by atoms with Crippen molar-refractivity contribution in [3.8, 4) is 11.3 Å². The molecule has 0 aliphatic carbocycles. The normalized spacial score (nSPS) is 13.1. The van der Waals surface area contributed by atoms with E-state index in [-0.39, 0.29) is 24.7 Å². The van der Waals surface area contributed by atoms with E-state index in [0.717, 1.165) is 41.3 Å². The summed E-state index contributed by atoms with van der Waals surface area (Å²) in [6.07, 6.45) is 4.65. The molecule has 3 aromatic heterocycles. The molecule has 4 rings (SSSR count). The molecule has 0 aromatic carbocycles. The first-order valence-corrected chi connectivity index (χ1v) is 10.3. The van der Waals surface area contributed by atoms with Crippen LogP contribution in [0.15, 0.2) is 36.7 Å². The van der Waals surface area contributed by atoms with Gasteiger partial charge in [-0.1, -0.05) is 5.10 Å². The van der Waals surface area contributed by atoms with Gasteiger partial charge >= 0.3 is 11.7 Å². The van der Waals surface area contributed by atoms with Crippen molar-refractivity contribution in [2.75, 3.05) is 16.8 Å². The molecule has 1 N–H and O–H groups in total. The van der Waals surface area contributed by atoms with Gasteiger partial charge in [0.15, 0.2) is 0 Å². The Morgan fingerprint density at radius 3 is 2.74 bits per heavy atom. The van der Waals surface area contributed by atoms with Crippen LogP contribution in [0.4, 0.5) is 11.6 Å². The smallest absolute Gasteiger partial charge is 0.297 e. The number of aromatic nitrogens is 5. The van der Waals surface area contributed by atoms with Crippen molar-refractivity contribution in [3.05, 3.63) is 47.9 Å². The molecule has 0 saturated heterocycles. The van der Waals surface area contributed by atoms with Crippen LogP contribution in [0.3, 0.4) is 0 Å². The lowest BCUT2D eigenvalue weighted by Crippen LogP contribution is -2.39. The molecule has 160 valence electrons. The van der Waals surface area contributed by atoms with Crippen molar-refractivity contribution in [2.24, 2.45) is 7.05 Å². The van der Waals surface area contributed by atoms with Crippen LogP contribution in [0.1, 0.15) is 30.5 Å². The third kappa shape index (κ3) is 4.60. The fraction of sp³-hybridized carbons (Fsp3) is 0.364. The van der Waals surface area contributed by atoms with Crippen LogP contribution >= 0.6 is 0 Å². The fourth-order valence-corrected chi connectivity index (χ4v) is 3.71. The summed E-state index contributed by atoms with van der Waals surface area (Å²) < 4.78 is 3.47. The number of fused-ring (bicyclic) bond motifs is 1. The van der Waals surface area contributed by atoms with E-state index < -0.39 is 0 Å². The molecule has 0 radical (unpaired) electrons. The number of pyridine rings is 1. The second-order valence-corrected chi connectivity index (χ2v) is 7.79. The Morgan fingerprint density at radius 2 is 1.97 bits per heavy atom. The summed E-state index contributed by atoms with van der Waals surface area (Å²) in [4.78, 5) is 31.1. The SMILES string of the molecule is Cc1cncc(-c2ccc(NC(=O)CCC(=O)N3CCCn4nc(C)cc43)[n+](C)n2)c1. The summed E-state index contributed by atoms with van der Waals surface area (Å²) in [6.45, 7) is 5.35. The summed E-state index contributed by atoms with van der Waals surface area (Å²) in [5.41, 5.74) is 3.62. The largest absolute Gasteiger partial charge is 0.308 e. The number of aryl methyl sites for hydroxylation is 4. The topological polar surface area (TPSA) is 96.9 Å². The zero-order chi connectivity index (χ0) is 22.0. The van der Waals surface area contributed by atoms with Gasteiger partial charge in [-0.25, -0.2) is 14.8 Å². The summed E-state index contributed by atoms with van der Waals surface area (Å²) in [5.74, 6) is 1.08. The van der Waals surface area contributed by atoms with Gasteiger partial charge in [0.2, 0.25) is 5.91 Å². The third-order valence-corrected chi connectivity index (χ3v) is 5.22. The average Bonchev–Trinajstić information content (AvgIpc) is 3.13. The number of amides is 2. The number of carbonyl (C=O) groups is 2. The van der Waals surface area contributed by atoms with Gasteiger partial charge in [0, 0.05) is 49.6 Å². The van der Waals surface area contributed by atoms with Crippen LogP contribution in [0.5, 0.6) is 0 Å². The van der Waals surface area contributed by atoms with Crippen LogP contribution in [0, 0.1) is 13.8 Å². The average molecular weight is 420 g/mol. The molecule has 0 bridgehead atoms. The molecule has 4 heterocycles. The highest BCUT2D eigenvalue weighted by Gasteiger charge is 2.25. The maximum atomic E-state index is 12.7. The van der Waals surface area contributed by atoms with Crippen LogP contribution in [-0.2, 0) is 23.2 Å². The first-order chi connectivity index (χ1) is 14.9. The minimum atomic E-state index is -0.225. The van der Waals surface area contributed by atoms with Gasteiger partial charge in [0.05, 0.1) is 12.1 Å². The maximum absolute atomic E-state index is 12.7. The fourth-order valence-electron chi connectivity index (χ4n) is 3.71. The lowest BCUT2D eigenvalue weighted by atomic mass is 10.1. The molecule has 1 aliphatic heterocycles. The molecular weight excluding hydrogens is 394 g/mol. The Kier molecular flexibility index (Phi) is 5.75. The van der Waals surface area contributed by atoms with E-state index in [1.807, 2.05) is 36.7 Å². The van der Waals surface area contributed by atoms with Crippen molar-refractivity contribution in [2.45, 2.75) is 39.7 Å². The number of nitrogens with zero attached hydrogens (tertiary/aromatic N) is 6. The van der Waals surface area contributed by atoms with E-state index >= 15 is 0 Å². The minimum Gasteiger partial charge on any atom is -0.297 e. The Hall–Kier alpha value is -3.62. The lowest BCUT2D eigenvalue weighted by molar-refractivity contribution is -0.716. The summed E-state index contributed by atoms with van der Waals surface area (Å²) in [7, 11) is 1.77. The maximum Gasteiger partial charge on any atom is 0.308 e. The van der Waals surface area contributed by atoms with Gasteiger partial charge in [-0.2, -0.15) is 5.10 Å². The second kappa shape index (κ2) is 8.63. The monoisotopic (exact) mass is 420 g/mol. The van der Waals surface area contributed by atoms with Crippen molar-refractivity contribution in [1.29, 1.82) is 0 Å². The quantitative estimate of drug-likeness (QED) is 0.636. The van der Waals surface area contributed by atoms with Crippen molar-refractivity contribution in [1.82, 2.24) is 19.9 Å². The van der Waals surface area contributed by atoms with Crippen molar-refractivity contribution in [3.63, 3.8) is 0 Å². The lowest BCUT2D eigenvalue weighted by Gasteiger charge is -2.27. The zero-order valence-corrected chi connectivity index (χ0v) is 18.0. The number of nitrogens with one attached hydrogen (secondary N) is 1. The Labute approximate surface area is 180 Å². The molecule has 0 spiro atoms. The van der Waals surface area contributed by atoms with Crippen molar-refractivity contribution < 1.29 is 14.3 Å². The van der Waals surface area contributed by atoms with E-state index in [2.05, 4.69) is 20.5 Å². The standard InChI is InChI=1S/C22H25N7O2/c1-15-11-17(14-23-13-15)18-5-6-19(27(3)26-18)24-20(30)7-8-22(31)28-9-4-10-29-21(28)12-16(2)25-29/h5-6,11-14H,4,7-10H2,1-3H3/p+1. The van der Waals surface area contributed by atoms with Gasteiger partial charge in [-0.05, 0) is 38.0 Å². The first-order valence-electron chi connectivity index (χ1n) is 10.3. The van der Waals surface area contributed by atoms with Crippen LogP contribution in [-0.4, -0.2) is 38.2 Å². The Balaban J connectivity index is 1.36. The van der Waals surface area contributed by atoms with E-state index in [1.54, 1.807) is 35.1 Å². The molecule has 31 heavy (non-hydrogen) atoms. The molecular formula is C22H26N7O2+. The van der Waals surface area contributed by atoms with Crippen LogP contribution < -0.4 is 14.9 Å². The molecule has 0 fully saturated rings. The van der Waals surface area contributed by atoms with Crippen molar-refractivity contribution >= 4 is 23.5 Å². The van der Waals surface area contributed by atoms with Gasteiger partial charge in [0.25, 0.3) is 0 Å². The van der Waals surface area contributed by atoms with E-state index in [4.69, 9.17) is 0 Å². The van der Waals surface area contributed by atoms with Gasteiger partial charge < -0.3 is 0 Å². The highest BCUT2D eigenvalue weighted by Crippen LogP contribution is 2.22. The number of rotatable bonds is 5. The van der Waals surface area contributed by atoms with E-state index in [0.29, 0.717) is 12.4 Å². The molecule has 2 amide bonds. The predicted molar refractivity (Wildman–Crippen MR) is 115 cm³/mol. The van der Waals surface area contributed by atoms with E-state index in [1.165, 1.54) is 0 Å². The highest BCUT2D eigenvalue weighted by atomic mass is 16.2. The summed E-state index contributed by atoms with van der Waals surface area (Å²) in [6, 6.07) is 7.56. The van der Waals surface area contributed by atoms with Gasteiger partial charge in [-0.15, -0.1) is 4.68 Å². The highest BCUT2D eigenvalue weighted by molar-refractivity contribution is 5.97. The molecule has 0 saturated carbocycles. The second-order valence-electron chi connectivity index (χ2n) is 7.79. The van der Waals surface area contributed by atoms with E-state index in [9.17, 15) is 9.59 Å². The number of carbonyl (C=O) groups excluding carboxylic acids is 2. The Bertz CT molecular complexity index is 1140. The van der Waals surface area contributed by atoms with Crippen LogP contribution in [0.25, 0.3) is 11.3 Å². The van der Waals surface area contributed by atoms with Gasteiger partial charge in [-0.3, -0.25) is 14.7 Å². The van der Waals surface area contributed by atoms with Crippen LogP contribution in [0.2, 0.25) is 0 Å². The Morgan fingerprint density at radius 1 is 1.13 bits per heavy atom. The van der Waals surface area contributed by atoms with Gasteiger partial charge in [0.1, 0.15) is 18.6 Å². The molecule has 3 aromatic rings. The number of hydrogen-bond acceptors (Lipinski definition) is 5. The predicted octanol–water partition coefficient (Wildman–Crippen LogP) is 1.94. The molecule has 9 heteroatoms. The molecule has 9 nitrogen and oxygen atoms in total. The minimum absolute atomic E-state index is 0.0687. The number of anilines is 2. The summed E-state index contributed by atoms with van der Waals surface area (Å²) in [5, 5.41) is 11.8. The molecule has 0 atom stereocenters. The first kappa shape index (κ1) is 20.6. The third-order valence-electron chi connectivity index (χ3n) is 5.22.